The number of hydrogen-bond donors (Lipinski definition) is 3. The molecule has 2 heterocycles. The zero-order chi connectivity index (χ0) is 11.5. The van der Waals surface area contributed by atoms with E-state index in [1.54, 1.807) is 0 Å². The van der Waals surface area contributed by atoms with E-state index in [0.717, 1.165) is 25.9 Å². The first-order valence-corrected chi connectivity index (χ1v) is 5.36. The summed E-state index contributed by atoms with van der Waals surface area (Å²) in [5.74, 6) is 1.13. The van der Waals surface area contributed by atoms with Gasteiger partial charge in [0.2, 0.25) is 17.8 Å². The number of carbonyl (C=O) groups excluding carboxylic acids is 1. The fourth-order valence-electron chi connectivity index (χ4n) is 2.03. The van der Waals surface area contributed by atoms with Gasteiger partial charge in [0.1, 0.15) is 0 Å². The Morgan fingerprint density at radius 2 is 2.19 bits per heavy atom. The number of primary amides is 1. The predicted octanol–water partition coefficient (Wildman–Crippen LogP) is -0.521. The van der Waals surface area contributed by atoms with E-state index in [4.69, 9.17) is 11.5 Å². The summed E-state index contributed by atoms with van der Waals surface area (Å²) in [6.45, 7) is 1.68. The lowest BCUT2D eigenvalue weighted by molar-refractivity contribution is -0.119. The Morgan fingerprint density at radius 3 is 2.69 bits per heavy atom. The number of piperidine rings is 1. The number of H-pyrrole nitrogens is 1. The average Bonchev–Trinajstić information content (AvgIpc) is 2.65. The van der Waals surface area contributed by atoms with E-state index < -0.39 is 0 Å². The van der Waals surface area contributed by atoms with Crippen LogP contribution in [-0.2, 0) is 4.79 Å². The van der Waals surface area contributed by atoms with Crippen molar-refractivity contribution in [2.75, 3.05) is 23.7 Å². The number of nitrogens with zero attached hydrogens (tertiary/aromatic N) is 3. The summed E-state index contributed by atoms with van der Waals surface area (Å²) in [7, 11) is 0. The standard InChI is InChI=1S/C9H16N6O/c10-7(16)5-6-1-3-15(4-2-6)9-12-8(11)13-14-9/h6H,1-5H2,(H2,10,16)(H3,11,12,13,14). The molecule has 0 atom stereocenters. The first-order valence-electron chi connectivity index (χ1n) is 5.36. The molecule has 0 unspecified atom stereocenters. The summed E-state index contributed by atoms with van der Waals surface area (Å²) in [4.78, 5) is 16.9. The molecule has 5 N–H and O–H groups in total. The molecule has 7 nitrogen and oxygen atoms in total. The van der Waals surface area contributed by atoms with Crippen LogP contribution in [0, 0.1) is 5.92 Å². The maximum atomic E-state index is 10.8. The van der Waals surface area contributed by atoms with Gasteiger partial charge in [-0.2, -0.15) is 4.98 Å². The summed E-state index contributed by atoms with van der Waals surface area (Å²) < 4.78 is 0. The number of amides is 1. The van der Waals surface area contributed by atoms with Crippen LogP contribution in [0.15, 0.2) is 0 Å². The van der Waals surface area contributed by atoms with E-state index in [9.17, 15) is 4.79 Å². The van der Waals surface area contributed by atoms with Crippen molar-refractivity contribution in [2.45, 2.75) is 19.3 Å². The SMILES string of the molecule is NC(=O)CC1CCN(c2n[nH]c(N)n2)CC1. The number of aromatic nitrogens is 3. The molecule has 0 aromatic carbocycles. The lowest BCUT2D eigenvalue weighted by Gasteiger charge is -2.30. The van der Waals surface area contributed by atoms with Gasteiger partial charge in [0, 0.05) is 19.5 Å². The van der Waals surface area contributed by atoms with Gasteiger partial charge >= 0.3 is 0 Å². The minimum Gasteiger partial charge on any atom is -0.370 e. The third-order valence-corrected chi connectivity index (χ3v) is 2.88. The number of anilines is 2. The van der Waals surface area contributed by atoms with Crippen LogP contribution >= 0.6 is 0 Å². The van der Waals surface area contributed by atoms with E-state index in [1.807, 2.05) is 0 Å². The third-order valence-electron chi connectivity index (χ3n) is 2.88. The zero-order valence-electron chi connectivity index (χ0n) is 9.02. The van der Waals surface area contributed by atoms with Gasteiger partial charge in [0.25, 0.3) is 0 Å². The summed E-state index contributed by atoms with van der Waals surface area (Å²) >= 11 is 0. The average molecular weight is 224 g/mol. The molecule has 1 saturated heterocycles. The van der Waals surface area contributed by atoms with Crippen molar-refractivity contribution >= 4 is 17.8 Å². The van der Waals surface area contributed by atoms with Crippen LogP contribution in [0.25, 0.3) is 0 Å². The van der Waals surface area contributed by atoms with Crippen molar-refractivity contribution in [2.24, 2.45) is 11.7 Å². The number of nitrogens with one attached hydrogen (secondary N) is 1. The second kappa shape index (κ2) is 4.38. The van der Waals surface area contributed by atoms with Crippen LogP contribution in [0.2, 0.25) is 0 Å². The molecule has 1 aliphatic heterocycles. The third kappa shape index (κ3) is 2.41. The first-order chi connectivity index (χ1) is 7.65. The van der Waals surface area contributed by atoms with Crippen LogP contribution in [-0.4, -0.2) is 34.2 Å². The summed E-state index contributed by atoms with van der Waals surface area (Å²) in [5.41, 5.74) is 10.6. The molecule has 0 radical (unpaired) electrons. The zero-order valence-corrected chi connectivity index (χ0v) is 9.02. The van der Waals surface area contributed by atoms with Gasteiger partial charge in [0.15, 0.2) is 0 Å². The fraction of sp³-hybridized carbons (Fsp3) is 0.667. The molecule has 1 amide bonds. The van der Waals surface area contributed by atoms with Crippen molar-refractivity contribution in [1.29, 1.82) is 0 Å². The lowest BCUT2D eigenvalue weighted by atomic mass is 9.93. The number of nitrogen functional groups attached to an aromatic ring is 1. The normalized spacial score (nSPS) is 17.6. The fourth-order valence-corrected chi connectivity index (χ4v) is 2.03. The Kier molecular flexibility index (Phi) is 2.93. The Morgan fingerprint density at radius 1 is 1.50 bits per heavy atom. The van der Waals surface area contributed by atoms with Crippen molar-refractivity contribution in [3.05, 3.63) is 0 Å². The van der Waals surface area contributed by atoms with Gasteiger partial charge < -0.3 is 16.4 Å². The monoisotopic (exact) mass is 224 g/mol. The minimum absolute atomic E-state index is 0.222. The Labute approximate surface area is 93.2 Å². The van der Waals surface area contributed by atoms with Gasteiger partial charge in [-0.1, -0.05) is 0 Å². The van der Waals surface area contributed by atoms with Gasteiger partial charge in [-0.25, -0.2) is 5.10 Å². The lowest BCUT2D eigenvalue weighted by Crippen LogP contribution is -2.35. The number of aromatic amines is 1. The minimum atomic E-state index is -0.222. The van der Waals surface area contributed by atoms with E-state index in [2.05, 4.69) is 20.1 Å². The molecular weight excluding hydrogens is 208 g/mol. The number of hydrogen-bond acceptors (Lipinski definition) is 5. The number of carbonyl (C=O) groups is 1. The van der Waals surface area contributed by atoms with Gasteiger partial charge in [-0.05, 0) is 18.8 Å². The van der Waals surface area contributed by atoms with Gasteiger partial charge in [-0.3, -0.25) is 4.79 Å². The largest absolute Gasteiger partial charge is 0.370 e. The van der Waals surface area contributed by atoms with Crippen LogP contribution in [0.3, 0.4) is 0 Å². The summed E-state index contributed by atoms with van der Waals surface area (Å²) in [6, 6.07) is 0. The van der Waals surface area contributed by atoms with E-state index in [1.165, 1.54) is 0 Å². The van der Waals surface area contributed by atoms with Crippen molar-refractivity contribution < 1.29 is 4.79 Å². The van der Waals surface area contributed by atoms with Gasteiger partial charge in [0.05, 0.1) is 0 Å². The van der Waals surface area contributed by atoms with E-state index in [0.29, 0.717) is 24.2 Å². The predicted molar refractivity (Wildman–Crippen MR) is 59.5 cm³/mol. The quantitative estimate of drug-likeness (QED) is 0.639. The Balaban J connectivity index is 1.87. The van der Waals surface area contributed by atoms with E-state index >= 15 is 0 Å². The maximum Gasteiger partial charge on any atom is 0.246 e. The molecule has 1 aliphatic rings. The van der Waals surface area contributed by atoms with Crippen LogP contribution < -0.4 is 16.4 Å². The van der Waals surface area contributed by atoms with E-state index in [-0.39, 0.29) is 5.91 Å². The smallest absolute Gasteiger partial charge is 0.246 e. The van der Waals surface area contributed by atoms with Crippen molar-refractivity contribution in [3.63, 3.8) is 0 Å². The maximum absolute atomic E-state index is 10.8. The molecule has 88 valence electrons. The van der Waals surface area contributed by atoms with Gasteiger partial charge in [-0.15, -0.1) is 5.10 Å². The molecule has 0 aliphatic carbocycles. The molecule has 7 heteroatoms. The highest BCUT2D eigenvalue weighted by Gasteiger charge is 2.22. The first kappa shape index (κ1) is 10.7. The highest BCUT2D eigenvalue weighted by molar-refractivity contribution is 5.74. The molecule has 0 spiro atoms. The molecule has 16 heavy (non-hydrogen) atoms. The van der Waals surface area contributed by atoms with Crippen LogP contribution in [0.5, 0.6) is 0 Å². The summed E-state index contributed by atoms with van der Waals surface area (Å²) in [6.07, 6.45) is 2.36. The Bertz CT molecular complexity index is 368. The molecule has 2 rings (SSSR count). The molecule has 1 fully saturated rings. The highest BCUT2D eigenvalue weighted by Crippen LogP contribution is 2.22. The highest BCUT2D eigenvalue weighted by atomic mass is 16.1. The second-order valence-electron chi connectivity index (χ2n) is 4.12. The van der Waals surface area contributed by atoms with Crippen molar-refractivity contribution in [1.82, 2.24) is 15.2 Å². The molecular formula is C9H16N6O. The molecule has 0 bridgehead atoms. The number of nitrogens with two attached hydrogens (primary N) is 2. The van der Waals surface area contributed by atoms with Crippen LogP contribution in [0.4, 0.5) is 11.9 Å². The second-order valence-corrected chi connectivity index (χ2v) is 4.12. The number of rotatable bonds is 3. The Hall–Kier alpha value is -1.79. The molecule has 0 saturated carbocycles. The molecule has 1 aromatic rings. The molecule has 1 aromatic heterocycles. The van der Waals surface area contributed by atoms with Crippen molar-refractivity contribution in [3.8, 4) is 0 Å². The summed E-state index contributed by atoms with van der Waals surface area (Å²) in [5, 5.41) is 6.61. The van der Waals surface area contributed by atoms with Crippen LogP contribution in [0.1, 0.15) is 19.3 Å². The topological polar surface area (TPSA) is 114 Å².